The molecule has 0 rings (SSSR count). The smallest absolute Gasteiger partial charge is 0.320 e. The molecule has 220 valence electrons. The fourth-order valence-corrected chi connectivity index (χ4v) is 4.83. The third kappa shape index (κ3) is 23.7. The first kappa shape index (κ1) is 35.9. The molecule has 0 aromatic carbocycles. The largest absolute Gasteiger partial charge is 0.462 e. The summed E-state index contributed by atoms with van der Waals surface area (Å²) >= 11 is 0. The number of hydrogen-bond donors (Lipinski definition) is 0. The van der Waals surface area contributed by atoms with Crippen LogP contribution in [0.2, 0.25) is 0 Å². The van der Waals surface area contributed by atoms with Crippen molar-refractivity contribution >= 4 is 11.9 Å². The number of likely N-dealkylation sites (N-methyl/N-ethyl adjacent to an activating group) is 1. The van der Waals surface area contributed by atoms with Crippen LogP contribution in [0, 0.1) is 5.92 Å². The van der Waals surface area contributed by atoms with E-state index in [1.54, 1.807) is 0 Å². The monoisotopic (exact) mass is 525 g/mol. The first-order valence-corrected chi connectivity index (χ1v) is 15.9. The molecule has 0 aliphatic heterocycles. The minimum Gasteiger partial charge on any atom is -0.462 e. The number of unbranched alkanes of at least 4 members (excludes halogenated alkanes) is 15. The average molecular weight is 526 g/mol. The molecule has 0 heterocycles. The molecule has 0 fully saturated rings. The number of hydrogen-bond acceptors (Lipinski definition) is 5. The quantitative estimate of drug-likeness (QED) is 0.0791. The zero-order chi connectivity index (χ0) is 27.6. The van der Waals surface area contributed by atoms with Crippen LogP contribution < -0.4 is 0 Å². The van der Waals surface area contributed by atoms with Gasteiger partial charge in [-0.3, -0.25) is 14.5 Å². The van der Waals surface area contributed by atoms with Gasteiger partial charge in [0.1, 0.15) is 12.7 Å². The van der Waals surface area contributed by atoms with E-state index >= 15 is 0 Å². The van der Waals surface area contributed by atoms with Crippen molar-refractivity contribution in [2.24, 2.45) is 5.92 Å². The van der Waals surface area contributed by atoms with Crippen molar-refractivity contribution in [3.63, 3.8) is 0 Å². The molecule has 0 aliphatic carbocycles. The number of rotatable bonds is 27. The lowest BCUT2D eigenvalue weighted by molar-refractivity contribution is -0.162. The van der Waals surface area contributed by atoms with E-state index in [-0.39, 0.29) is 37.1 Å². The van der Waals surface area contributed by atoms with Crippen molar-refractivity contribution in [1.82, 2.24) is 4.90 Å². The molecule has 0 aromatic rings. The van der Waals surface area contributed by atoms with Gasteiger partial charge in [0, 0.05) is 0 Å². The lowest BCUT2D eigenvalue weighted by Crippen LogP contribution is -2.31. The van der Waals surface area contributed by atoms with E-state index in [1.807, 2.05) is 19.0 Å². The molecule has 0 saturated heterocycles. The second-order valence-electron chi connectivity index (χ2n) is 11.3. The molecule has 0 aromatic heterocycles. The Morgan fingerprint density at radius 2 is 1.00 bits per heavy atom. The average Bonchev–Trinajstić information content (AvgIpc) is 2.86. The second-order valence-corrected chi connectivity index (χ2v) is 11.3. The Bertz CT molecular complexity index is 523. The summed E-state index contributed by atoms with van der Waals surface area (Å²) in [6.07, 6.45) is 24.2. The maximum atomic E-state index is 13.1. The van der Waals surface area contributed by atoms with Crippen LogP contribution in [-0.2, 0) is 19.1 Å². The predicted molar refractivity (Wildman–Crippen MR) is 157 cm³/mol. The SMILES string of the molecule is CCCCCCCCCCC(COC(=O)C(CCCCCC)CCCCCCCC)OC(=O)CN(C)C. The molecule has 5 heteroatoms. The van der Waals surface area contributed by atoms with Crippen LogP contribution in [0.1, 0.15) is 156 Å². The van der Waals surface area contributed by atoms with Crippen LogP contribution in [0.25, 0.3) is 0 Å². The van der Waals surface area contributed by atoms with Gasteiger partial charge in [-0.2, -0.15) is 0 Å². The Balaban J connectivity index is 4.70. The summed E-state index contributed by atoms with van der Waals surface area (Å²) in [4.78, 5) is 27.2. The maximum absolute atomic E-state index is 13.1. The lowest BCUT2D eigenvalue weighted by Gasteiger charge is -2.21. The summed E-state index contributed by atoms with van der Waals surface area (Å²) in [7, 11) is 3.72. The van der Waals surface area contributed by atoms with Gasteiger partial charge in [0.05, 0.1) is 12.5 Å². The second kappa shape index (κ2) is 26.5. The standard InChI is InChI=1S/C32H63NO4/c1-6-9-12-15-17-18-20-23-26-30(37-31(34)27-33(4)5)28-36-32(35)29(24-21-14-11-8-3)25-22-19-16-13-10-7-2/h29-30H,6-28H2,1-5H3. The Kier molecular flexibility index (Phi) is 25.7. The summed E-state index contributed by atoms with van der Waals surface area (Å²) in [6.45, 7) is 7.14. The molecule has 0 bridgehead atoms. The van der Waals surface area contributed by atoms with E-state index in [1.165, 1.54) is 89.9 Å². The van der Waals surface area contributed by atoms with E-state index < -0.39 is 0 Å². The van der Waals surface area contributed by atoms with E-state index in [0.29, 0.717) is 0 Å². The first-order chi connectivity index (χ1) is 17.9. The predicted octanol–water partition coefficient (Wildman–Crippen LogP) is 8.87. The van der Waals surface area contributed by atoms with Gasteiger partial charge in [-0.15, -0.1) is 0 Å². The summed E-state index contributed by atoms with van der Waals surface area (Å²) in [5, 5.41) is 0. The summed E-state index contributed by atoms with van der Waals surface area (Å²) in [5.41, 5.74) is 0. The molecular formula is C32H63NO4. The molecule has 0 spiro atoms. The summed E-state index contributed by atoms with van der Waals surface area (Å²) in [6, 6.07) is 0. The van der Waals surface area contributed by atoms with Crippen LogP contribution in [-0.4, -0.2) is 50.2 Å². The third-order valence-electron chi connectivity index (χ3n) is 7.18. The molecular weight excluding hydrogens is 462 g/mol. The van der Waals surface area contributed by atoms with Crippen molar-refractivity contribution in [2.75, 3.05) is 27.2 Å². The molecule has 0 amide bonds. The summed E-state index contributed by atoms with van der Waals surface area (Å²) < 4.78 is 11.6. The minimum absolute atomic E-state index is 0.0238. The Morgan fingerprint density at radius 1 is 0.595 bits per heavy atom. The first-order valence-electron chi connectivity index (χ1n) is 15.9. The lowest BCUT2D eigenvalue weighted by atomic mass is 9.94. The Hall–Kier alpha value is -1.10. The molecule has 5 nitrogen and oxygen atoms in total. The molecule has 37 heavy (non-hydrogen) atoms. The van der Waals surface area contributed by atoms with Crippen LogP contribution in [0.4, 0.5) is 0 Å². The van der Waals surface area contributed by atoms with Crippen LogP contribution in [0.3, 0.4) is 0 Å². The highest BCUT2D eigenvalue weighted by molar-refractivity contribution is 5.73. The molecule has 2 unspecified atom stereocenters. The van der Waals surface area contributed by atoms with Crippen molar-refractivity contribution in [3.8, 4) is 0 Å². The van der Waals surface area contributed by atoms with Gasteiger partial charge < -0.3 is 9.47 Å². The number of ether oxygens (including phenoxy) is 2. The van der Waals surface area contributed by atoms with E-state index in [4.69, 9.17) is 9.47 Å². The topological polar surface area (TPSA) is 55.8 Å². The van der Waals surface area contributed by atoms with E-state index in [2.05, 4.69) is 20.8 Å². The number of nitrogens with zero attached hydrogens (tertiary/aromatic N) is 1. The van der Waals surface area contributed by atoms with Gasteiger partial charge in [0.15, 0.2) is 0 Å². The Labute approximate surface area is 230 Å². The highest BCUT2D eigenvalue weighted by Gasteiger charge is 2.23. The van der Waals surface area contributed by atoms with Crippen molar-refractivity contribution in [2.45, 2.75) is 162 Å². The van der Waals surface area contributed by atoms with Crippen molar-refractivity contribution in [1.29, 1.82) is 0 Å². The Morgan fingerprint density at radius 3 is 1.46 bits per heavy atom. The van der Waals surface area contributed by atoms with Gasteiger partial charge in [-0.05, 0) is 39.8 Å². The van der Waals surface area contributed by atoms with Crippen LogP contribution >= 0.6 is 0 Å². The fourth-order valence-electron chi connectivity index (χ4n) is 4.83. The highest BCUT2D eigenvalue weighted by atomic mass is 16.6. The van der Waals surface area contributed by atoms with E-state index in [0.717, 1.165) is 44.9 Å². The van der Waals surface area contributed by atoms with Crippen molar-refractivity contribution < 1.29 is 19.1 Å². The highest BCUT2D eigenvalue weighted by Crippen LogP contribution is 2.21. The molecule has 0 N–H and O–H groups in total. The normalized spacial score (nSPS) is 13.0. The summed E-state index contributed by atoms with van der Waals surface area (Å²) in [5.74, 6) is -0.354. The molecule has 0 aliphatic rings. The van der Waals surface area contributed by atoms with Gasteiger partial charge in [0.25, 0.3) is 0 Å². The maximum Gasteiger partial charge on any atom is 0.320 e. The zero-order valence-corrected chi connectivity index (χ0v) is 25.5. The van der Waals surface area contributed by atoms with Crippen LogP contribution in [0.5, 0.6) is 0 Å². The van der Waals surface area contributed by atoms with Gasteiger partial charge in [-0.25, -0.2) is 0 Å². The molecule has 0 saturated carbocycles. The number of carbonyl (C=O) groups is 2. The van der Waals surface area contributed by atoms with Gasteiger partial charge >= 0.3 is 11.9 Å². The fraction of sp³-hybridized carbons (Fsp3) is 0.938. The number of carbonyl (C=O) groups excluding carboxylic acids is 2. The van der Waals surface area contributed by atoms with Gasteiger partial charge in [-0.1, -0.05) is 130 Å². The minimum atomic E-state index is -0.341. The van der Waals surface area contributed by atoms with Crippen LogP contribution in [0.15, 0.2) is 0 Å². The zero-order valence-electron chi connectivity index (χ0n) is 25.5. The number of esters is 2. The molecule has 0 radical (unpaired) electrons. The van der Waals surface area contributed by atoms with Gasteiger partial charge in [0.2, 0.25) is 0 Å². The van der Waals surface area contributed by atoms with Crippen molar-refractivity contribution in [3.05, 3.63) is 0 Å². The van der Waals surface area contributed by atoms with E-state index in [9.17, 15) is 9.59 Å². The third-order valence-corrected chi connectivity index (χ3v) is 7.18. The molecule has 2 atom stereocenters.